The first-order chi connectivity index (χ1) is 16.9. The Hall–Kier alpha value is -2.96. The molecule has 192 valence electrons. The summed E-state index contributed by atoms with van der Waals surface area (Å²) in [5, 5.41) is 6.00. The third kappa shape index (κ3) is 5.11. The quantitative estimate of drug-likeness (QED) is 0.238. The van der Waals surface area contributed by atoms with Gasteiger partial charge in [0.15, 0.2) is 16.8 Å². The van der Waals surface area contributed by atoms with Crippen molar-refractivity contribution in [2.75, 3.05) is 13.7 Å². The fourth-order valence-corrected chi connectivity index (χ4v) is 5.48. The van der Waals surface area contributed by atoms with E-state index in [-0.39, 0.29) is 28.3 Å². The van der Waals surface area contributed by atoms with Gasteiger partial charge in [-0.3, -0.25) is 9.59 Å². The molecule has 7 nitrogen and oxygen atoms in total. The maximum Gasteiger partial charge on any atom is 0.272 e. The summed E-state index contributed by atoms with van der Waals surface area (Å²) >= 11 is 0.935. The molecule has 0 bridgehead atoms. The fraction of sp³-hybridized carbons (Fsp3) is 0.375. The first-order valence-corrected chi connectivity index (χ1v) is 15.9. The summed E-state index contributed by atoms with van der Waals surface area (Å²) in [6, 6.07) is 4.94. The highest BCUT2D eigenvalue weighted by Crippen LogP contribution is 2.31. The van der Waals surface area contributed by atoms with E-state index in [1.54, 1.807) is 24.6 Å². The van der Waals surface area contributed by atoms with Crippen molar-refractivity contribution >= 4 is 46.3 Å². The van der Waals surface area contributed by atoms with Gasteiger partial charge in [0.1, 0.15) is 12.4 Å². The Labute approximate surface area is 210 Å². The molecule has 0 aliphatic rings. The molecule has 0 spiro atoms. The number of H-pyrrole nitrogens is 1. The average molecular weight is 537 g/mol. The second-order valence-electron chi connectivity index (χ2n) is 9.95. The Morgan fingerprint density at radius 1 is 1.17 bits per heavy atom. The van der Waals surface area contributed by atoms with Crippen LogP contribution in [0.5, 0.6) is 0 Å². The van der Waals surface area contributed by atoms with E-state index in [0.717, 1.165) is 29.5 Å². The van der Waals surface area contributed by atoms with Crippen molar-refractivity contribution < 1.29 is 22.7 Å². The van der Waals surface area contributed by atoms with Crippen LogP contribution >= 0.6 is 11.3 Å². The van der Waals surface area contributed by atoms with Crippen LogP contribution in [0.4, 0.5) is 13.2 Å². The van der Waals surface area contributed by atoms with E-state index in [9.17, 15) is 22.8 Å². The summed E-state index contributed by atoms with van der Waals surface area (Å²) in [4.78, 5) is 27.1. The van der Waals surface area contributed by atoms with Crippen molar-refractivity contribution in [1.82, 2.24) is 19.7 Å². The third-order valence-corrected chi connectivity index (χ3v) is 8.72. The number of amides is 1. The lowest BCUT2D eigenvalue weighted by Gasteiger charge is -2.26. The number of hydrogen-bond acceptors (Lipinski definition) is 5. The van der Waals surface area contributed by atoms with Gasteiger partial charge < -0.3 is 14.2 Å². The Kier molecular flexibility index (Phi) is 7.13. The molecule has 0 aliphatic carbocycles. The Balaban J connectivity index is 1.67. The van der Waals surface area contributed by atoms with Gasteiger partial charge in [-0.2, -0.15) is 9.49 Å². The van der Waals surface area contributed by atoms with Gasteiger partial charge in [0.25, 0.3) is 11.5 Å². The Morgan fingerprint density at radius 3 is 2.50 bits per heavy atom. The molecule has 3 aromatic heterocycles. The summed E-state index contributed by atoms with van der Waals surface area (Å²) < 4.78 is 49.8. The molecular formula is C24H27F3N4O3SSi. The molecule has 3 heterocycles. The zero-order valence-corrected chi connectivity index (χ0v) is 22.4. The minimum atomic E-state index is -1.32. The molecule has 1 atom stereocenters. The minimum Gasteiger partial charge on any atom is -0.361 e. The molecule has 1 aromatic carbocycles. The fourth-order valence-electron chi connectivity index (χ4n) is 3.90. The summed E-state index contributed by atoms with van der Waals surface area (Å²) in [5.41, 5.74) is 0.391. The molecular weight excluding hydrogens is 509 g/mol. The average Bonchev–Trinajstić information content (AvgIpc) is 3.32. The van der Waals surface area contributed by atoms with Crippen LogP contribution < -0.4 is 5.56 Å². The summed E-state index contributed by atoms with van der Waals surface area (Å²) in [7, 11) is 0.227. The van der Waals surface area contributed by atoms with E-state index < -0.39 is 37.2 Å². The van der Waals surface area contributed by atoms with E-state index in [1.165, 1.54) is 11.0 Å². The predicted octanol–water partition coefficient (Wildman–Crippen LogP) is 5.50. The second kappa shape index (κ2) is 9.83. The molecule has 0 saturated heterocycles. The Bertz CT molecular complexity index is 1510. The number of carbonyl (C=O) groups is 1. The topological polar surface area (TPSA) is 80.2 Å². The lowest BCUT2D eigenvalue weighted by molar-refractivity contribution is 0.0669. The van der Waals surface area contributed by atoms with Crippen LogP contribution in [0.25, 0.3) is 21.0 Å². The molecule has 1 N–H and O–H groups in total. The normalized spacial score (nSPS) is 13.0. The molecule has 12 heteroatoms. The molecule has 0 saturated carbocycles. The number of fused-ring (bicyclic) bond motifs is 2. The zero-order chi connectivity index (χ0) is 26.4. The van der Waals surface area contributed by atoms with Crippen molar-refractivity contribution in [3.63, 3.8) is 0 Å². The number of aromatic nitrogens is 3. The second-order valence-corrected chi connectivity index (χ2v) is 16.6. The smallest absolute Gasteiger partial charge is 0.272 e. The van der Waals surface area contributed by atoms with Crippen LogP contribution in [0.3, 0.4) is 0 Å². The number of hydrogen-bond donors (Lipinski definition) is 1. The van der Waals surface area contributed by atoms with Gasteiger partial charge in [0.05, 0.1) is 27.3 Å². The lowest BCUT2D eigenvalue weighted by atomic mass is 10.1. The van der Waals surface area contributed by atoms with E-state index in [4.69, 9.17) is 4.74 Å². The molecule has 1 amide bonds. The van der Waals surface area contributed by atoms with Gasteiger partial charge >= 0.3 is 0 Å². The van der Waals surface area contributed by atoms with Crippen LogP contribution in [-0.4, -0.2) is 47.3 Å². The van der Waals surface area contributed by atoms with Crippen LogP contribution in [0, 0.1) is 16.8 Å². The molecule has 36 heavy (non-hydrogen) atoms. The zero-order valence-electron chi connectivity index (χ0n) is 20.6. The first-order valence-electron chi connectivity index (χ1n) is 11.4. The first kappa shape index (κ1) is 26.1. The number of nitrogens with zero attached hydrogens (tertiary/aromatic N) is 3. The molecule has 0 radical (unpaired) electrons. The highest BCUT2D eigenvalue weighted by molar-refractivity contribution is 7.17. The minimum absolute atomic E-state index is 0.0678. The van der Waals surface area contributed by atoms with Gasteiger partial charge in [0, 0.05) is 33.2 Å². The number of nitrogens with one attached hydrogen (secondary N) is 1. The van der Waals surface area contributed by atoms with E-state index in [0.29, 0.717) is 22.5 Å². The largest absolute Gasteiger partial charge is 0.361 e. The third-order valence-electron chi connectivity index (χ3n) is 6.15. The molecule has 0 fully saturated rings. The number of aromatic amines is 1. The molecule has 1 unspecified atom stereocenters. The monoisotopic (exact) mass is 536 g/mol. The van der Waals surface area contributed by atoms with Crippen molar-refractivity contribution in [3.8, 4) is 0 Å². The highest BCUT2D eigenvalue weighted by Gasteiger charge is 2.27. The summed E-state index contributed by atoms with van der Waals surface area (Å²) in [6.07, 6.45) is 0. The maximum absolute atomic E-state index is 14.0. The number of ether oxygens (including phenoxy) is 1. The van der Waals surface area contributed by atoms with Gasteiger partial charge in [-0.1, -0.05) is 19.6 Å². The van der Waals surface area contributed by atoms with Gasteiger partial charge in [0.2, 0.25) is 0 Å². The maximum atomic E-state index is 14.0. The van der Waals surface area contributed by atoms with Crippen molar-refractivity contribution in [3.05, 3.63) is 62.8 Å². The summed E-state index contributed by atoms with van der Waals surface area (Å²) in [6.45, 7) is 8.98. The highest BCUT2D eigenvalue weighted by atomic mass is 32.1. The molecule has 0 aliphatic heterocycles. The van der Waals surface area contributed by atoms with Crippen molar-refractivity contribution in [2.45, 2.75) is 45.4 Å². The lowest BCUT2D eigenvalue weighted by Crippen LogP contribution is -2.32. The SMILES string of the molecule is CC(c1n[nH]c(=O)c2cc(F)c(F)cc12)N(C)C(=O)c1cc2sc(F)cc2n1COCC[Si](C)(C)C. The van der Waals surface area contributed by atoms with E-state index in [1.807, 2.05) is 0 Å². The number of carbonyl (C=O) groups excluding carboxylic acids is 1. The van der Waals surface area contributed by atoms with E-state index >= 15 is 0 Å². The van der Waals surface area contributed by atoms with Gasteiger partial charge in [-0.25, -0.2) is 13.9 Å². The standard InChI is InChI=1S/C24H27F3N4O3SSi/c1-13(22-14-8-16(25)17(26)9-15(14)23(32)29-28-22)30(2)24(33)19-10-20-18(11-21(27)35-20)31(19)12-34-6-7-36(3,4)5/h8-11,13H,6-7,12H2,1-5H3,(H,29,32). The van der Waals surface area contributed by atoms with Crippen LogP contribution in [-0.2, 0) is 11.5 Å². The van der Waals surface area contributed by atoms with Crippen LogP contribution in [0.15, 0.2) is 29.1 Å². The van der Waals surface area contributed by atoms with Gasteiger partial charge in [-0.15, -0.1) is 11.3 Å². The number of halogens is 3. The molecule has 4 aromatic rings. The molecule has 4 rings (SSSR count). The van der Waals surface area contributed by atoms with Crippen molar-refractivity contribution in [2.24, 2.45) is 0 Å². The summed E-state index contributed by atoms with van der Waals surface area (Å²) in [5.74, 6) is -2.67. The van der Waals surface area contributed by atoms with E-state index in [2.05, 4.69) is 29.8 Å². The number of thiophene rings is 1. The number of benzene rings is 1. The number of rotatable bonds is 8. The van der Waals surface area contributed by atoms with Crippen LogP contribution in [0.1, 0.15) is 29.1 Å². The van der Waals surface area contributed by atoms with Crippen LogP contribution in [0.2, 0.25) is 25.7 Å². The predicted molar refractivity (Wildman–Crippen MR) is 137 cm³/mol. The van der Waals surface area contributed by atoms with Crippen molar-refractivity contribution in [1.29, 1.82) is 0 Å². The van der Waals surface area contributed by atoms with Gasteiger partial charge in [-0.05, 0) is 31.2 Å². The Morgan fingerprint density at radius 2 is 1.83 bits per heavy atom.